The van der Waals surface area contributed by atoms with Crippen LogP contribution in [0.4, 0.5) is 0 Å². The number of benzene rings is 1. The number of phenols is 1. The van der Waals surface area contributed by atoms with Crippen molar-refractivity contribution in [2.75, 3.05) is 13.1 Å². The molecule has 0 aliphatic carbocycles. The van der Waals surface area contributed by atoms with Crippen LogP contribution in [-0.2, 0) is 0 Å². The Bertz CT molecular complexity index is 436. The molecule has 5 heteroatoms. The highest BCUT2D eigenvalue weighted by molar-refractivity contribution is 5.96. The van der Waals surface area contributed by atoms with Crippen LogP contribution in [0.1, 0.15) is 15.9 Å². The molecule has 17 heavy (non-hydrogen) atoms. The monoisotopic (exact) mass is 237 g/mol. The first-order valence-corrected chi connectivity index (χ1v) is 5.44. The normalized spacial score (nSPS) is 24.1. The van der Waals surface area contributed by atoms with E-state index >= 15 is 0 Å². The molecule has 2 atom stereocenters. The minimum atomic E-state index is -0.892. The van der Waals surface area contributed by atoms with Crippen LogP contribution in [0, 0.1) is 6.92 Å². The fourth-order valence-electron chi connectivity index (χ4n) is 1.96. The molecule has 1 heterocycles. The number of hydrogen-bond donors (Lipinski definition) is 3. The standard InChI is InChI=1S/C12H15NO4/c1-7-8(3-2-4-9(7)14)12(17)13-5-10(15)11(16)6-13/h2-4,10-11,14-16H,5-6H2,1H3/t10-,11+. The molecule has 1 aromatic carbocycles. The third kappa shape index (κ3) is 2.11. The van der Waals surface area contributed by atoms with Gasteiger partial charge in [0.2, 0.25) is 0 Å². The predicted octanol–water partition coefficient (Wildman–Crippen LogP) is -0.122. The summed E-state index contributed by atoms with van der Waals surface area (Å²) in [6, 6.07) is 4.73. The number of likely N-dealkylation sites (tertiary alicyclic amines) is 1. The molecule has 1 aliphatic heterocycles. The van der Waals surface area contributed by atoms with E-state index in [1.807, 2.05) is 0 Å². The van der Waals surface area contributed by atoms with Crippen LogP contribution in [0.2, 0.25) is 0 Å². The van der Waals surface area contributed by atoms with Crippen LogP contribution in [0.5, 0.6) is 5.75 Å². The lowest BCUT2D eigenvalue weighted by atomic mass is 10.1. The van der Waals surface area contributed by atoms with Gasteiger partial charge in [-0.1, -0.05) is 6.07 Å². The van der Waals surface area contributed by atoms with Crippen molar-refractivity contribution in [2.24, 2.45) is 0 Å². The Balaban J connectivity index is 2.24. The lowest BCUT2D eigenvalue weighted by Gasteiger charge is -2.17. The summed E-state index contributed by atoms with van der Waals surface area (Å²) in [7, 11) is 0. The molecule has 2 rings (SSSR count). The summed E-state index contributed by atoms with van der Waals surface area (Å²) < 4.78 is 0. The van der Waals surface area contributed by atoms with E-state index in [1.54, 1.807) is 19.1 Å². The Morgan fingerprint density at radius 2 is 1.88 bits per heavy atom. The van der Waals surface area contributed by atoms with E-state index in [9.17, 15) is 20.1 Å². The van der Waals surface area contributed by atoms with Crippen LogP contribution >= 0.6 is 0 Å². The second kappa shape index (κ2) is 4.35. The molecule has 5 nitrogen and oxygen atoms in total. The highest BCUT2D eigenvalue weighted by atomic mass is 16.3. The fraction of sp³-hybridized carbons (Fsp3) is 0.417. The molecule has 0 spiro atoms. The summed E-state index contributed by atoms with van der Waals surface area (Å²) in [6.45, 7) is 1.90. The van der Waals surface area contributed by atoms with Crippen molar-refractivity contribution in [3.8, 4) is 5.75 Å². The number of rotatable bonds is 1. The molecular formula is C12H15NO4. The largest absolute Gasteiger partial charge is 0.508 e. The van der Waals surface area contributed by atoms with Gasteiger partial charge in [0.15, 0.2) is 0 Å². The van der Waals surface area contributed by atoms with Gasteiger partial charge in [0.1, 0.15) is 5.75 Å². The first kappa shape index (κ1) is 11.9. The van der Waals surface area contributed by atoms with Crippen LogP contribution in [0.3, 0.4) is 0 Å². The van der Waals surface area contributed by atoms with Gasteiger partial charge in [-0.2, -0.15) is 0 Å². The number of aliphatic hydroxyl groups excluding tert-OH is 2. The molecule has 1 fully saturated rings. The molecule has 0 saturated carbocycles. The number of aliphatic hydroxyl groups is 2. The van der Waals surface area contributed by atoms with Gasteiger partial charge < -0.3 is 20.2 Å². The van der Waals surface area contributed by atoms with Crippen LogP contribution in [-0.4, -0.2) is 51.4 Å². The van der Waals surface area contributed by atoms with E-state index in [-0.39, 0.29) is 24.7 Å². The smallest absolute Gasteiger partial charge is 0.254 e. The van der Waals surface area contributed by atoms with Gasteiger partial charge in [0, 0.05) is 24.2 Å². The van der Waals surface area contributed by atoms with Crippen molar-refractivity contribution in [3.05, 3.63) is 29.3 Å². The van der Waals surface area contributed by atoms with E-state index in [0.29, 0.717) is 11.1 Å². The molecule has 92 valence electrons. The molecule has 0 bridgehead atoms. The van der Waals surface area contributed by atoms with Gasteiger partial charge in [0.05, 0.1) is 12.2 Å². The Morgan fingerprint density at radius 1 is 1.29 bits per heavy atom. The SMILES string of the molecule is Cc1c(O)cccc1C(=O)N1C[C@@H](O)[C@@H](O)C1. The average Bonchev–Trinajstić information content (AvgIpc) is 2.62. The van der Waals surface area contributed by atoms with E-state index in [1.165, 1.54) is 11.0 Å². The summed E-state index contributed by atoms with van der Waals surface area (Å²) in [5.41, 5.74) is 0.902. The number of nitrogens with zero attached hydrogens (tertiary/aromatic N) is 1. The van der Waals surface area contributed by atoms with Gasteiger partial charge in [-0.3, -0.25) is 4.79 Å². The van der Waals surface area contributed by atoms with Crippen LogP contribution in [0.25, 0.3) is 0 Å². The highest BCUT2D eigenvalue weighted by Crippen LogP contribution is 2.22. The molecule has 1 aromatic rings. The minimum absolute atomic E-state index is 0.0659. The first-order chi connectivity index (χ1) is 8.00. The molecule has 1 amide bonds. The third-order valence-electron chi connectivity index (χ3n) is 3.08. The van der Waals surface area contributed by atoms with Crippen molar-refractivity contribution in [2.45, 2.75) is 19.1 Å². The van der Waals surface area contributed by atoms with E-state index in [2.05, 4.69) is 0 Å². The lowest BCUT2D eigenvalue weighted by molar-refractivity contribution is 0.0572. The van der Waals surface area contributed by atoms with Gasteiger partial charge in [-0.25, -0.2) is 0 Å². The molecule has 0 radical (unpaired) electrons. The summed E-state index contributed by atoms with van der Waals surface area (Å²) in [5, 5.41) is 28.3. The van der Waals surface area contributed by atoms with Gasteiger partial charge in [0.25, 0.3) is 5.91 Å². The van der Waals surface area contributed by atoms with Gasteiger partial charge in [-0.15, -0.1) is 0 Å². The predicted molar refractivity (Wildman–Crippen MR) is 60.8 cm³/mol. The molecule has 0 unspecified atom stereocenters. The highest BCUT2D eigenvalue weighted by Gasteiger charge is 2.33. The summed E-state index contributed by atoms with van der Waals surface area (Å²) in [5.74, 6) is -0.217. The quantitative estimate of drug-likeness (QED) is 0.636. The zero-order valence-electron chi connectivity index (χ0n) is 9.50. The molecular weight excluding hydrogens is 222 g/mol. The van der Waals surface area contributed by atoms with Crippen LogP contribution < -0.4 is 0 Å². The average molecular weight is 237 g/mol. The molecule has 3 N–H and O–H groups in total. The fourth-order valence-corrected chi connectivity index (χ4v) is 1.96. The zero-order valence-corrected chi connectivity index (χ0v) is 9.50. The van der Waals surface area contributed by atoms with Crippen LogP contribution in [0.15, 0.2) is 18.2 Å². The number of aromatic hydroxyl groups is 1. The summed E-state index contributed by atoms with van der Waals surface area (Å²) >= 11 is 0. The van der Waals surface area contributed by atoms with E-state index in [0.717, 1.165) is 0 Å². The Labute approximate surface area is 98.9 Å². The number of carbonyl (C=O) groups is 1. The van der Waals surface area contributed by atoms with Crippen molar-refractivity contribution >= 4 is 5.91 Å². The number of carbonyl (C=O) groups excluding carboxylic acids is 1. The topological polar surface area (TPSA) is 81.0 Å². The first-order valence-electron chi connectivity index (χ1n) is 5.44. The lowest BCUT2D eigenvalue weighted by Crippen LogP contribution is -2.30. The number of hydrogen-bond acceptors (Lipinski definition) is 4. The minimum Gasteiger partial charge on any atom is -0.508 e. The zero-order chi connectivity index (χ0) is 12.6. The van der Waals surface area contributed by atoms with Crippen molar-refractivity contribution in [3.63, 3.8) is 0 Å². The Morgan fingerprint density at radius 3 is 2.47 bits per heavy atom. The van der Waals surface area contributed by atoms with Crippen molar-refractivity contribution in [1.29, 1.82) is 0 Å². The number of β-amino-alcohol motifs (C(OH)–C–C–N with tert-alkyl or cyclic N) is 2. The maximum Gasteiger partial charge on any atom is 0.254 e. The Kier molecular flexibility index (Phi) is 3.04. The van der Waals surface area contributed by atoms with E-state index < -0.39 is 12.2 Å². The second-order valence-corrected chi connectivity index (χ2v) is 4.29. The number of phenolic OH excluding ortho intramolecular Hbond substituents is 1. The van der Waals surface area contributed by atoms with Gasteiger partial charge >= 0.3 is 0 Å². The van der Waals surface area contributed by atoms with Crippen molar-refractivity contribution < 1.29 is 20.1 Å². The second-order valence-electron chi connectivity index (χ2n) is 4.29. The van der Waals surface area contributed by atoms with E-state index in [4.69, 9.17) is 0 Å². The Hall–Kier alpha value is -1.59. The molecule has 1 saturated heterocycles. The summed E-state index contributed by atoms with van der Waals surface area (Å²) in [6.07, 6.45) is -1.78. The third-order valence-corrected chi connectivity index (χ3v) is 3.08. The molecule has 0 aromatic heterocycles. The molecule has 1 aliphatic rings. The van der Waals surface area contributed by atoms with Crippen molar-refractivity contribution in [1.82, 2.24) is 4.90 Å². The maximum atomic E-state index is 12.1. The number of amides is 1. The maximum absolute atomic E-state index is 12.1. The summed E-state index contributed by atoms with van der Waals surface area (Å²) in [4.78, 5) is 13.5. The van der Waals surface area contributed by atoms with Gasteiger partial charge in [-0.05, 0) is 19.1 Å².